The van der Waals surface area contributed by atoms with Crippen LogP contribution in [0.4, 0.5) is 0 Å². The Labute approximate surface area is 161 Å². The van der Waals surface area contributed by atoms with Gasteiger partial charge in [0.1, 0.15) is 5.69 Å². The fraction of sp³-hybridized carbons (Fsp3) is 0.227. The minimum atomic E-state index is -0.0757. The molecule has 4 aromatic rings. The molecule has 0 bridgehead atoms. The third-order valence-electron chi connectivity index (χ3n) is 5.51. The van der Waals surface area contributed by atoms with Crippen LogP contribution in [0, 0.1) is 6.92 Å². The van der Waals surface area contributed by atoms with Gasteiger partial charge in [-0.1, -0.05) is 29.4 Å². The Hall–Kier alpha value is -3.41. The van der Waals surface area contributed by atoms with E-state index >= 15 is 0 Å². The molecular weight excluding hydrogens is 354 g/mol. The molecule has 0 unspecified atom stereocenters. The first-order valence-electron chi connectivity index (χ1n) is 9.29. The summed E-state index contributed by atoms with van der Waals surface area (Å²) in [6.07, 6.45) is 3.48. The molecule has 0 saturated heterocycles. The minimum Gasteiger partial charge on any atom is -0.463 e. The molecule has 5 rings (SSSR count). The number of aromatic nitrogens is 2. The Bertz CT molecular complexity index is 1180. The van der Waals surface area contributed by atoms with Crippen molar-refractivity contribution in [1.29, 1.82) is 0 Å². The molecule has 6 nitrogen and oxygen atoms in total. The Morgan fingerprint density at radius 3 is 2.89 bits per heavy atom. The normalized spacial score (nSPS) is 15.7. The summed E-state index contributed by atoms with van der Waals surface area (Å²) in [6, 6.07) is 13.7. The molecule has 0 saturated carbocycles. The molecule has 28 heavy (non-hydrogen) atoms. The van der Waals surface area contributed by atoms with Crippen molar-refractivity contribution in [3.63, 3.8) is 0 Å². The van der Waals surface area contributed by atoms with Gasteiger partial charge in [0, 0.05) is 7.05 Å². The Balaban J connectivity index is 1.60. The van der Waals surface area contributed by atoms with Gasteiger partial charge >= 0.3 is 0 Å². The first kappa shape index (κ1) is 16.7. The summed E-state index contributed by atoms with van der Waals surface area (Å²) in [4.78, 5) is 19.8. The summed E-state index contributed by atoms with van der Waals surface area (Å²) in [5.74, 6) is 0.507. The number of hydrogen-bond donors (Lipinski definition) is 0. The zero-order chi connectivity index (χ0) is 19.3. The minimum absolute atomic E-state index is 0.0548. The number of nitrogens with zero attached hydrogens (tertiary/aromatic N) is 3. The summed E-state index contributed by atoms with van der Waals surface area (Å²) in [5, 5.41) is 4.67. The Morgan fingerprint density at radius 2 is 2.07 bits per heavy atom. The fourth-order valence-corrected chi connectivity index (χ4v) is 4.08. The van der Waals surface area contributed by atoms with Crippen LogP contribution in [-0.4, -0.2) is 28.0 Å². The lowest BCUT2D eigenvalue weighted by molar-refractivity contribution is 0.0732. The molecule has 3 heterocycles. The average Bonchev–Trinajstić information content (AvgIpc) is 3.46. The molecule has 3 aromatic heterocycles. The lowest BCUT2D eigenvalue weighted by Gasteiger charge is -2.26. The summed E-state index contributed by atoms with van der Waals surface area (Å²) in [7, 11) is 1.86. The average molecular weight is 373 g/mol. The van der Waals surface area contributed by atoms with Crippen LogP contribution in [0.5, 0.6) is 0 Å². The zero-order valence-corrected chi connectivity index (χ0v) is 15.7. The number of pyridine rings is 1. The van der Waals surface area contributed by atoms with Crippen molar-refractivity contribution in [3.05, 3.63) is 71.1 Å². The standard InChI is InChI=1S/C22H19N3O3/c1-13-20-16(12-17(19-8-5-11-27-19)23-21(20)28-24-13)22(26)25(2)18-10-9-14-6-3-4-7-15(14)18/h3-8,11-12,18H,9-10H2,1-2H3/t18-/m1/s1. The topological polar surface area (TPSA) is 72.4 Å². The molecule has 140 valence electrons. The second-order valence-corrected chi connectivity index (χ2v) is 7.15. The highest BCUT2D eigenvalue weighted by Crippen LogP contribution is 2.36. The lowest BCUT2D eigenvalue weighted by atomic mass is 10.0. The van der Waals surface area contributed by atoms with E-state index in [4.69, 9.17) is 8.94 Å². The Morgan fingerprint density at radius 1 is 1.21 bits per heavy atom. The molecule has 1 atom stereocenters. The highest BCUT2D eigenvalue weighted by atomic mass is 16.5. The summed E-state index contributed by atoms with van der Waals surface area (Å²) < 4.78 is 10.8. The third-order valence-corrected chi connectivity index (χ3v) is 5.51. The first-order chi connectivity index (χ1) is 13.6. The zero-order valence-electron chi connectivity index (χ0n) is 15.7. The molecule has 1 aliphatic carbocycles. The van der Waals surface area contributed by atoms with E-state index in [-0.39, 0.29) is 11.9 Å². The van der Waals surface area contributed by atoms with Crippen LogP contribution in [0.15, 0.2) is 57.7 Å². The number of amides is 1. The number of carbonyl (C=O) groups excluding carboxylic acids is 1. The fourth-order valence-electron chi connectivity index (χ4n) is 4.08. The van der Waals surface area contributed by atoms with Gasteiger partial charge < -0.3 is 13.8 Å². The second-order valence-electron chi connectivity index (χ2n) is 7.15. The van der Waals surface area contributed by atoms with Crippen LogP contribution < -0.4 is 0 Å². The number of carbonyl (C=O) groups is 1. The van der Waals surface area contributed by atoms with Gasteiger partial charge in [-0.05, 0) is 49.1 Å². The summed E-state index contributed by atoms with van der Waals surface area (Å²) in [5.41, 5.74) is 4.60. The number of benzene rings is 1. The van der Waals surface area contributed by atoms with Gasteiger partial charge in [0.25, 0.3) is 11.6 Å². The molecule has 0 N–H and O–H groups in total. The van der Waals surface area contributed by atoms with E-state index in [0.29, 0.717) is 33.8 Å². The van der Waals surface area contributed by atoms with Crippen LogP contribution in [-0.2, 0) is 6.42 Å². The van der Waals surface area contributed by atoms with Crippen molar-refractivity contribution in [2.24, 2.45) is 0 Å². The number of furan rings is 1. The van der Waals surface area contributed by atoms with Gasteiger partial charge in [0.2, 0.25) is 0 Å². The molecule has 6 heteroatoms. The summed E-state index contributed by atoms with van der Waals surface area (Å²) >= 11 is 0. The van der Waals surface area contributed by atoms with Gasteiger partial charge in [-0.15, -0.1) is 0 Å². The SMILES string of the molecule is Cc1noc2nc(-c3ccco3)cc(C(=O)N(C)[C@@H]3CCc4ccccc43)c12. The quantitative estimate of drug-likeness (QED) is 0.527. The molecule has 0 fully saturated rings. The van der Waals surface area contributed by atoms with Crippen molar-refractivity contribution in [1.82, 2.24) is 15.0 Å². The van der Waals surface area contributed by atoms with Crippen LogP contribution in [0.3, 0.4) is 0 Å². The number of rotatable bonds is 3. The predicted octanol–water partition coefficient (Wildman–Crippen LogP) is 4.55. The molecule has 1 aromatic carbocycles. The van der Waals surface area contributed by atoms with E-state index in [1.807, 2.05) is 37.1 Å². The lowest BCUT2D eigenvalue weighted by Crippen LogP contribution is -2.30. The molecule has 1 amide bonds. The highest BCUT2D eigenvalue weighted by Gasteiger charge is 2.31. The van der Waals surface area contributed by atoms with E-state index in [1.165, 1.54) is 11.1 Å². The van der Waals surface area contributed by atoms with E-state index < -0.39 is 0 Å². The molecule has 1 aliphatic rings. The number of aryl methyl sites for hydroxylation is 2. The maximum absolute atomic E-state index is 13.5. The maximum Gasteiger partial charge on any atom is 0.259 e. The van der Waals surface area contributed by atoms with Crippen LogP contribution in [0.25, 0.3) is 22.6 Å². The van der Waals surface area contributed by atoms with Gasteiger partial charge in [-0.2, -0.15) is 0 Å². The van der Waals surface area contributed by atoms with Crippen molar-refractivity contribution in [2.75, 3.05) is 7.05 Å². The van der Waals surface area contributed by atoms with Gasteiger partial charge in [0.05, 0.1) is 28.9 Å². The number of fused-ring (bicyclic) bond motifs is 2. The molecule has 0 aliphatic heterocycles. The molecular formula is C22H19N3O3. The predicted molar refractivity (Wildman–Crippen MR) is 104 cm³/mol. The van der Waals surface area contributed by atoms with Crippen LogP contribution in [0.2, 0.25) is 0 Å². The Kier molecular flexibility index (Phi) is 3.79. The van der Waals surface area contributed by atoms with Crippen LogP contribution >= 0.6 is 0 Å². The summed E-state index contributed by atoms with van der Waals surface area (Å²) in [6.45, 7) is 1.82. The van der Waals surface area contributed by atoms with Crippen molar-refractivity contribution < 1.29 is 13.7 Å². The van der Waals surface area contributed by atoms with Gasteiger partial charge in [-0.3, -0.25) is 4.79 Å². The van der Waals surface area contributed by atoms with Gasteiger partial charge in [0.15, 0.2) is 5.76 Å². The molecule has 0 spiro atoms. The van der Waals surface area contributed by atoms with E-state index in [9.17, 15) is 4.79 Å². The van der Waals surface area contributed by atoms with Crippen molar-refractivity contribution in [2.45, 2.75) is 25.8 Å². The monoisotopic (exact) mass is 373 g/mol. The smallest absolute Gasteiger partial charge is 0.259 e. The van der Waals surface area contributed by atoms with Crippen molar-refractivity contribution in [3.8, 4) is 11.5 Å². The van der Waals surface area contributed by atoms with Gasteiger partial charge in [-0.25, -0.2) is 4.98 Å². The number of hydrogen-bond acceptors (Lipinski definition) is 5. The van der Waals surface area contributed by atoms with E-state index in [1.54, 1.807) is 18.4 Å². The van der Waals surface area contributed by atoms with Crippen molar-refractivity contribution >= 4 is 17.0 Å². The van der Waals surface area contributed by atoms with E-state index in [0.717, 1.165) is 12.8 Å². The third kappa shape index (κ3) is 2.52. The van der Waals surface area contributed by atoms with Crippen LogP contribution in [0.1, 0.15) is 39.6 Å². The highest BCUT2D eigenvalue weighted by molar-refractivity contribution is 6.07. The largest absolute Gasteiger partial charge is 0.463 e. The second kappa shape index (κ2) is 6.34. The first-order valence-corrected chi connectivity index (χ1v) is 9.29. The maximum atomic E-state index is 13.5. The molecule has 0 radical (unpaired) electrons. The van der Waals surface area contributed by atoms with E-state index in [2.05, 4.69) is 22.3 Å².